The van der Waals surface area contributed by atoms with E-state index in [0.717, 1.165) is 0 Å². The fourth-order valence-electron chi connectivity index (χ4n) is 1.36. The monoisotopic (exact) mass is 240 g/mol. The van der Waals surface area contributed by atoms with E-state index in [1.165, 1.54) is 33.3 Å². The quantitative estimate of drug-likeness (QED) is 0.375. The van der Waals surface area contributed by atoms with Crippen LogP contribution >= 0.6 is 0 Å². The van der Waals surface area contributed by atoms with Crippen LogP contribution in [0, 0.1) is 10.1 Å². The molecule has 1 N–H and O–H groups in total. The molecule has 7 nitrogen and oxygen atoms in total. The van der Waals surface area contributed by atoms with Crippen molar-refractivity contribution in [2.75, 3.05) is 14.2 Å². The third-order valence-electron chi connectivity index (χ3n) is 2.24. The molecule has 0 aromatic heterocycles. The molecule has 0 heterocycles. The van der Waals surface area contributed by atoms with E-state index in [1.54, 1.807) is 0 Å². The van der Waals surface area contributed by atoms with Crippen LogP contribution in [-0.4, -0.2) is 30.1 Å². The molecule has 17 heavy (non-hydrogen) atoms. The van der Waals surface area contributed by atoms with E-state index in [1.807, 2.05) is 0 Å². The maximum Gasteiger partial charge on any atom is 0.282 e. The Bertz CT molecular complexity index is 470. The lowest BCUT2D eigenvalue weighted by molar-refractivity contribution is -0.385. The van der Waals surface area contributed by atoms with Gasteiger partial charge in [-0.3, -0.25) is 10.1 Å². The second kappa shape index (κ2) is 5.15. The van der Waals surface area contributed by atoms with Gasteiger partial charge in [0, 0.05) is 6.07 Å². The smallest absolute Gasteiger partial charge is 0.282 e. The van der Waals surface area contributed by atoms with E-state index in [4.69, 9.17) is 14.7 Å². The Hall–Kier alpha value is -2.31. The summed E-state index contributed by atoms with van der Waals surface area (Å²) in [6.45, 7) is 1.45. The van der Waals surface area contributed by atoms with Gasteiger partial charge in [0.25, 0.3) is 5.69 Å². The summed E-state index contributed by atoms with van der Waals surface area (Å²) in [5, 5.41) is 22.5. The Kier molecular flexibility index (Phi) is 3.86. The van der Waals surface area contributed by atoms with Gasteiger partial charge in [-0.05, 0) is 6.92 Å². The van der Waals surface area contributed by atoms with Crippen LogP contribution in [0.15, 0.2) is 17.3 Å². The molecule has 0 aliphatic carbocycles. The first-order chi connectivity index (χ1) is 8.04. The minimum absolute atomic E-state index is 0.123. The lowest BCUT2D eigenvalue weighted by atomic mass is 10.1. The van der Waals surface area contributed by atoms with Crippen molar-refractivity contribution in [1.82, 2.24) is 0 Å². The Morgan fingerprint density at radius 3 is 2.29 bits per heavy atom. The number of oxime groups is 1. The van der Waals surface area contributed by atoms with Gasteiger partial charge in [0.1, 0.15) is 0 Å². The lowest BCUT2D eigenvalue weighted by Gasteiger charge is -2.09. The Morgan fingerprint density at radius 1 is 1.35 bits per heavy atom. The molecule has 0 fully saturated rings. The van der Waals surface area contributed by atoms with Gasteiger partial charge in [0.2, 0.25) is 0 Å². The molecule has 0 atom stereocenters. The van der Waals surface area contributed by atoms with Gasteiger partial charge >= 0.3 is 0 Å². The predicted octanol–water partition coefficient (Wildman–Crippen LogP) is 1.81. The first-order valence-electron chi connectivity index (χ1n) is 4.64. The van der Waals surface area contributed by atoms with E-state index in [2.05, 4.69) is 5.16 Å². The van der Waals surface area contributed by atoms with Crippen molar-refractivity contribution in [1.29, 1.82) is 0 Å². The highest BCUT2D eigenvalue weighted by Crippen LogP contribution is 2.34. The number of hydrogen-bond acceptors (Lipinski definition) is 6. The van der Waals surface area contributed by atoms with Crippen LogP contribution in [0.1, 0.15) is 12.5 Å². The van der Waals surface area contributed by atoms with Gasteiger partial charge < -0.3 is 14.7 Å². The fourth-order valence-corrected chi connectivity index (χ4v) is 1.36. The zero-order valence-corrected chi connectivity index (χ0v) is 9.63. The normalized spacial score (nSPS) is 11.1. The van der Waals surface area contributed by atoms with Crippen molar-refractivity contribution in [2.24, 2.45) is 5.16 Å². The number of rotatable bonds is 4. The van der Waals surface area contributed by atoms with Crippen LogP contribution in [0.4, 0.5) is 5.69 Å². The van der Waals surface area contributed by atoms with Crippen molar-refractivity contribution >= 4 is 11.4 Å². The molecule has 0 unspecified atom stereocenters. The fraction of sp³-hybridized carbons (Fsp3) is 0.300. The third-order valence-corrected chi connectivity index (χ3v) is 2.24. The van der Waals surface area contributed by atoms with Crippen LogP contribution in [0.5, 0.6) is 11.5 Å². The molecule has 1 rings (SSSR count). The average Bonchev–Trinajstić information content (AvgIpc) is 2.35. The third kappa shape index (κ3) is 2.44. The van der Waals surface area contributed by atoms with Crippen molar-refractivity contribution in [3.05, 3.63) is 27.8 Å². The highest BCUT2D eigenvalue weighted by Gasteiger charge is 2.21. The van der Waals surface area contributed by atoms with Crippen molar-refractivity contribution in [2.45, 2.75) is 6.92 Å². The Morgan fingerprint density at radius 2 is 1.88 bits per heavy atom. The predicted molar refractivity (Wildman–Crippen MR) is 60.2 cm³/mol. The maximum absolute atomic E-state index is 10.9. The minimum Gasteiger partial charge on any atom is -0.493 e. The molecule has 7 heteroatoms. The molecular weight excluding hydrogens is 228 g/mol. The molecule has 0 radical (unpaired) electrons. The highest BCUT2D eigenvalue weighted by atomic mass is 16.6. The minimum atomic E-state index is -0.577. The first kappa shape index (κ1) is 12.8. The summed E-state index contributed by atoms with van der Waals surface area (Å²) in [5.74, 6) is 0.574. The zero-order chi connectivity index (χ0) is 13.0. The number of hydrogen-bond donors (Lipinski definition) is 1. The Labute approximate surface area is 97.4 Å². The van der Waals surface area contributed by atoms with Crippen molar-refractivity contribution in [3.63, 3.8) is 0 Å². The standard InChI is InChI=1S/C10H12N2O5/c1-6(11-13)7-4-9(16-2)10(17-3)5-8(7)12(14)15/h4-5,13H,1-3H3/b11-6+. The lowest BCUT2D eigenvalue weighted by Crippen LogP contribution is -2.03. The van der Waals surface area contributed by atoms with Crippen LogP contribution in [-0.2, 0) is 0 Å². The zero-order valence-electron chi connectivity index (χ0n) is 9.63. The molecule has 0 bridgehead atoms. The van der Waals surface area contributed by atoms with Crippen LogP contribution in [0.2, 0.25) is 0 Å². The van der Waals surface area contributed by atoms with E-state index >= 15 is 0 Å². The first-order valence-corrected chi connectivity index (χ1v) is 4.64. The SMILES string of the molecule is COc1cc(/C(C)=N/O)c([N+](=O)[O-])cc1OC. The highest BCUT2D eigenvalue weighted by molar-refractivity contribution is 6.02. The van der Waals surface area contributed by atoms with Crippen LogP contribution < -0.4 is 9.47 Å². The second-order valence-corrected chi connectivity index (χ2v) is 3.17. The number of nitro benzene ring substituents is 1. The number of ether oxygens (including phenoxy) is 2. The van der Waals surface area contributed by atoms with Crippen LogP contribution in [0.25, 0.3) is 0 Å². The molecule has 0 amide bonds. The van der Waals surface area contributed by atoms with Gasteiger partial charge in [-0.25, -0.2) is 0 Å². The van der Waals surface area contributed by atoms with E-state index < -0.39 is 4.92 Å². The summed E-state index contributed by atoms with van der Waals surface area (Å²) in [7, 11) is 2.80. The summed E-state index contributed by atoms with van der Waals surface area (Å²) >= 11 is 0. The van der Waals surface area contributed by atoms with Gasteiger partial charge in [0.15, 0.2) is 11.5 Å². The maximum atomic E-state index is 10.9. The van der Waals surface area contributed by atoms with E-state index in [-0.39, 0.29) is 22.7 Å². The van der Waals surface area contributed by atoms with Crippen molar-refractivity contribution in [3.8, 4) is 11.5 Å². The van der Waals surface area contributed by atoms with Gasteiger partial charge in [-0.15, -0.1) is 0 Å². The molecule has 0 aliphatic rings. The molecule has 0 saturated heterocycles. The summed E-state index contributed by atoms with van der Waals surface area (Å²) < 4.78 is 9.99. The second-order valence-electron chi connectivity index (χ2n) is 3.17. The van der Waals surface area contributed by atoms with E-state index in [9.17, 15) is 10.1 Å². The number of nitro groups is 1. The Balaban J connectivity index is 3.51. The van der Waals surface area contributed by atoms with Crippen molar-refractivity contribution < 1.29 is 19.6 Å². The molecule has 0 saturated carbocycles. The summed E-state index contributed by atoms with van der Waals surface area (Å²) in [4.78, 5) is 10.3. The summed E-state index contributed by atoms with van der Waals surface area (Å²) in [6.07, 6.45) is 0. The van der Waals surface area contributed by atoms with Gasteiger partial charge in [-0.2, -0.15) is 0 Å². The van der Waals surface area contributed by atoms with E-state index in [0.29, 0.717) is 5.75 Å². The summed E-state index contributed by atoms with van der Waals surface area (Å²) in [5.41, 5.74) is 0.0887. The number of nitrogens with zero attached hydrogens (tertiary/aromatic N) is 2. The molecule has 1 aromatic carbocycles. The van der Waals surface area contributed by atoms with Crippen LogP contribution in [0.3, 0.4) is 0 Å². The van der Waals surface area contributed by atoms with Gasteiger partial charge in [-0.1, -0.05) is 5.16 Å². The molecule has 1 aromatic rings. The largest absolute Gasteiger partial charge is 0.493 e. The molecular formula is C10H12N2O5. The molecule has 0 spiro atoms. The molecule has 0 aliphatic heterocycles. The van der Waals surface area contributed by atoms with Gasteiger partial charge in [0.05, 0.1) is 36.5 Å². The topological polar surface area (TPSA) is 94.2 Å². The summed E-state index contributed by atoms with van der Waals surface area (Å²) in [6, 6.07) is 2.62. The number of methoxy groups -OCH3 is 2. The average molecular weight is 240 g/mol. The number of benzene rings is 1. The molecule has 92 valence electrons.